The smallest absolute Gasteiger partial charge is 0.441 e. The Kier molecular flexibility index (Phi) is 6.22. The molecule has 2 rings (SSSR count). The number of ether oxygens (including phenoxy) is 1. The molecule has 0 saturated heterocycles. The minimum atomic E-state index is -5.39. The Morgan fingerprint density at radius 2 is 1.61 bits per heavy atom. The number of halogens is 5. The van der Waals surface area contributed by atoms with E-state index in [4.69, 9.17) is 0 Å². The van der Waals surface area contributed by atoms with Gasteiger partial charge in [-0.15, -0.1) is 0 Å². The Balaban J connectivity index is 2.52. The van der Waals surface area contributed by atoms with Gasteiger partial charge in [-0.05, 0) is 43.3 Å². The minimum absolute atomic E-state index is 0.333. The number of rotatable bonds is 6. The molecular formula is C18H15F5N2O3. The molecule has 0 aliphatic rings. The van der Waals surface area contributed by atoms with Crippen LogP contribution >= 0.6 is 0 Å². The summed E-state index contributed by atoms with van der Waals surface area (Å²) in [7, 11) is 0. The SMILES string of the molecule is CCOC(=O)[C@@](NC(=O)c1ccccc1F)(Nc1ccc(F)cc1)C(F)(F)F. The second kappa shape index (κ2) is 8.24. The van der Waals surface area contributed by atoms with E-state index in [0.29, 0.717) is 0 Å². The first-order valence-electron chi connectivity index (χ1n) is 7.95. The van der Waals surface area contributed by atoms with E-state index in [-0.39, 0.29) is 5.69 Å². The highest BCUT2D eigenvalue weighted by atomic mass is 19.4. The lowest BCUT2D eigenvalue weighted by molar-refractivity contribution is -0.204. The van der Waals surface area contributed by atoms with E-state index >= 15 is 0 Å². The van der Waals surface area contributed by atoms with Crippen LogP contribution in [0.2, 0.25) is 0 Å². The summed E-state index contributed by atoms with van der Waals surface area (Å²) >= 11 is 0. The van der Waals surface area contributed by atoms with E-state index < -0.39 is 47.5 Å². The Labute approximate surface area is 156 Å². The molecule has 0 saturated carbocycles. The quantitative estimate of drug-likeness (QED) is 0.440. The van der Waals surface area contributed by atoms with Crippen LogP contribution in [0.4, 0.5) is 27.6 Å². The maximum atomic E-state index is 13.9. The van der Waals surface area contributed by atoms with Crippen molar-refractivity contribution >= 4 is 17.6 Å². The number of carbonyl (C=O) groups is 2. The van der Waals surface area contributed by atoms with Gasteiger partial charge in [-0.1, -0.05) is 12.1 Å². The van der Waals surface area contributed by atoms with Gasteiger partial charge >= 0.3 is 17.8 Å². The molecule has 0 fully saturated rings. The van der Waals surface area contributed by atoms with Crippen LogP contribution < -0.4 is 10.6 Å². The summed E-state index contributed by atoms with van der Waals surface area (Å²) in [5, 5.41) is 3.34. The highest BCUT2D eigenvalue weighted by molar-refractivity contribution is 5.99. The van der Waals surface area contributed by atoms with Crippen LogP contribution in [0, 0.1) is 11.6 Å². The van der Waals surface area contributed by atoms with Crippen molar-refractivity contribution < 1.29 is 36.3 Å². The van der Waals surface area contributed by atoms with E-state index in [1.54, 1.807) is 0 Å². The fraction of sp³-hybridized carbons (Fsp3) is 0.222. The second-order valence-electron chi connectivity index (χ2n) is 5.53. The third kappa shape index (κ3) is 4.38. The van der Waals surface area contributed by atoms with E-state index in [2.05, 4.69) is 4.74 Å². The lowest BCUT2D eigenvalue weighted by atomic mass is 10.1. The van der Waals surface area contributed by atoms with Crippen molar-refractivity contribution in [1.29, 1.82) is 0 Å². The number of alkyl halides is 3. The van der Waals surface area contributed by atoms with Crippen molar-refractivity contribution in [2.24, 2.45) is 0 Å². The van der Waals surface area contributed by atoms with Crippen molar-refractivity contribution in [3.63, 3.8) is 0 Å². The normalized spacial score (nSPS) is 13.4. The van der Waals surface area contributed by atoms with E-state index in [1.807, 2.05) is 5.32 Å². The Hall–Kier alpha value is -3.17. The highest BCUT2D eigenvalue weighted by Gasteiger charge is 2.63. The summed E-state index contributed by atoms with van der Waals surface area (Å²) in [6.07, 6.45) is -5.39. The predicted octanol–water partition coefficient (Wildman–Crippen LogP) is 3.63. The number of esters is 1. The van der Waals surface area contributed by atoms with Crippen LogP contribution in [0.3, 0.4) is 0 Å². The number of anilines is 1. The largest absolute Gasteiger partial charge is 0.463 e. The lowest BCUT2D eigenvalue weighted by Gasteiger charge is -2.35. The fourth-order valence-corrected chi connectivity index (χ4v) is 2.26. The molecule has 0 bridgehead atoms. The zero-order valence-electron chi connectivity index (χ0n) is 14.4. The van der Waals surface area contributed by atoms with Crippen LogP contribution in [0.1, 0.15) is 17.3 Å². The van der Waals surface area contributed by atoms with Gasteiger partial charge in [0.15, 0.2) is 0 Å². The summed E-state index contributed by atoms with van der Waals surface area (Å²) in [6, 6.07) is 7.89. The van der Waals surface area contributed by atoms with Crippen LogP contribution in [0.25, 0.3) is 0 Å². The van der Waals surface area contributed by atoms with Gasteiger partial charge in [0.05, 0.1) is 12.2 Å². The molecule has 0 heterocycles. The molecule has 5 nitrogen and oxygen atoms in total. The number of benzene rings is 2. The van der Waals surface area contributed by atoms with Gasteiger partial charge in [-0.2, -0.15) is 13.2 Å². The minimum Gasteiger partial charge on any atom is -0.463 e. The third-order valence-corrected chi connectivity index (χ3v) is 3.60. The predicted molar refractivity (Wildman–Crippen MR) is 89.3 cm³/mol. The van der Waals surface area contributed by atoms with Gasteiger partial charge < -0.3 is 15.4 Å². The summed E-state index contributed by atoms with van der Waals surface area (Å²) < 4.78 is 73.2. The van der Waals surface area contributed by atoms with Crippen molar-refractivity contribution in [3.05, 3.63) is 65.7 Å². The van der Waals surface area contributed by atoms with Gasteiger partial charge in [0.2, 0.25) is 0 Å². The zero-order chi connectivity index (χ0) is 20.9. The van der Waals surface area contributed by atoms with Crippen molar-refractivity contribution in [2.45, 2.75) is 18.8 Å². The monoisotopic (exact) mass is 402 g/mol. The molecule has 10 heteroatoms. The fourth-order valence-electron chi connectivity index (χ4n) is 2.26. The van der Waals surface area contributed by atoms with Gasteiger partial charge in [0.25, 0.3) is 5.91 Å². The molecule has 0 aliphatic carbocycles. The van der Waals surface area contributed by atoms with Crippen molar-refractivity contribution in [2.75, 3.05) is 11.9 Å². The molecule has 150 valence electrons. The first-order valence-corrected chi connectivity index (χ1v) is 7.95. The lowest BCUT2D eigenvalue weighted by Crippen LogP contribution is -2.69. The highest BCUT2D eigenvalue weighted by Crippen LogP contribution is 2.33. The van der Waals surface area contributed by atoms with Gasteiger partial charge in [-0.25, -0.2) is 13.6 Å². The molecule has 0 aliphatic heterocycles. The number of amides is 1. The average Bonchev–Trinajstić information content (AvgIpc) is 2.62. The molecule has 0 aromatic heterocycles. The Bertz CT molecular complexity index is 855. The van der Waals surface area contributed by atoms with Gasteiger partial charge in [0.1, 0.15) is 11.6 Å². The van der Waals surface area contributed by atoms with Crippen LogP contribution in [-0.2, 0) is 9.53 Å². The molecule has 2 aromatic rings. The first kappa shape index (κ1) is 21.1. The summed E-state index contributed by atoms with van der Waals surface area (Å²) in [5.74, 6) is -5.17. The van der Waals surface area contributed by atoms with Gasteiger partial charge in [0, 0.05) is 5.69 Å². The molecule has 1 amide bonds. The maximum absolute atomic E-state index is 13.9. The van der Waals surface area contributed by atoms with E-state index in [1.165, 1.54) is 24.4 Å². The number of nitrogens with one attached hydrogen (secondary N) is 2. The molecule has 1 atom stereocenters. The van der Waals surface area contributed by atoms with Crippen molar-refractivity contribution in [1.82, 2.24) is 5.32 Å². The van der Waals surface area contributed by atoms with Crippen LogP contribution in [0.15, 0.2) is 48.5 Å². The molecule has 0 unspecified atom stereocenters. The zero-order valence-corrected chi connectivity index (χ0v) is 14.4. The topological polar surface area (TPSA) is 67.4 Å². The third-order valence-electron chi connectivity index (χ3n) is 3.60. The van der Waals surface area contributed by atoms with Crippen molar-refractivity contribution in [3.8, 4) is 0 Å². The Morgan fingerprint density at radius 3 is 2.14 bits per heavy atom. The first-order chi connectivity index (χ1) is 13.1. The number of hydrogen-bond donors (Lipinski definition) is 2. The maximum Gasteiger partial charge on any atom is 0.441 e. The molecule has 0 radical (unpaired) electrons. The Morgan fingerprint density at radius 1 is 1.00 bits per heavy atom. The van der Waals surface area contributed by atoms with E-state index in [0.717, 1.165) is 36.4 Å². The standard InChI is InChI=1S/C18H15F5N2O3/c1-2-28-16(27)17(18(21,22)23,24-12-9-7-11(19)8-10-12)25-15(26)13-5-3-4-6-14(13)20/h3-10,24H,2H2,1H3,(H,25,26)/t17-/m0/s1. The van der Waals surface area contributed by atoms with Gasteiger partial charge in [-0.3, -0.25) is 4.79 Å². The number of hydrogen-bond acceptors (Lipinski definition) is 4. The summed E-state index contributed by atoms with van der Waals surface area (Å²) in [5.41, 5.74) is -4.78. The van der Waals surface area contributed by atoms with E-state index in [9.17, 15) is 31.5 Å². The molecule has 28 heavy (non-hydrogen) atoms. The molecule has 2 N–H and O–H groups in total. The molecule has 2 aromatic carbocycles. The van der Waals surface area contributed by atoms with Crippen LogP contribution in [0.5, 0.6) is 0 Å². The van der Waals surface area contributed by atoms with Crippen LogP contribution in [-0.4, -0.2) is 30.3 Å². The summed E-state index contributed by atoms with van der Waals surface area (Å²) in [6.45, 7) is 0.854. The number of carbonyl (C=O) groups excluding carboxylic acids is 2. The molecular weight excluding hydrogens is 387 g/mol. The summed E-state index contributed by atoms with van der Waals surface area (Å²) in [4.78, 5) is 24.6. The molecule has 0 spiro atoms. The average molecular weight is 402 g/mol. The second-order valence-corrected chi connectivity index (χ2v) is 5.53.